The van der Waals surface area contributed by atoms with Crippen LogP contribution in [-0.4, -0.2) is 32.6 Å². The Morgan fingerprint density at radius 1 is 1.30 bits per heavy atom. The molecule has 1 heterocycles. The van der Waals surface area contributed by atoms with E-state index in [-0.39, 0.29) is 17.2 Å². The Hall–Kier alpha value is -1.46. The van der Waals surface area contributed by atoms with Gasteiger partial charge in [0.2, 0.25) is 5.91 Å². The van der Waals surface area contributed by atoms with Gasteiger partial charge in [-0.05, 0) is 50.4 Å². The highest BCUT2D eigenvalue weighted by Crippen LogP contribution is 2.51. The third-order valence-corrected chi connectivity index (χ3v) is 5.23. The minimum atomic E-state index is -0.243. The van der Waals surface area contributed by atoms with Crippen molar-refractivity contribution in [3.8, 4) is 0 Å². The van der Waals surface area contributed by atoms with Crippen molar-refractivity contribution >= 4 is 5.91 Å². The summed E-state index contributed by atoms with van der Waals surface area (Å²) in [6, 6.07) is 0.448. The summed E-state index contributed by atoms with van der Waals surface area (Å²) in [7, 11) is 0. The summed E-state index contributed by atoms with van der Waals surface area (Å²) >= 11 is 0. The fraction of sp³-hybridized carbons (Fsp3) is 0.857. The van der Waals surface area contributed by atoms with Gasteiger partial charge in [-0.25, -0.2) is 0 Å². The third kappa shape index (κ3) is 2.11. The molecule has 3 aliphatic carbocycles. The molecule has 6 nitrogen and oxygen atoms in total. The molecule has 0 bridgehead atoms. The maximum atomic E-state index is 12.6. The van der Waals surface area contributed by atoms with Crippen LogP contribution in [0.1, 0.15) is 57.2 Å². The molecule has 0 atom stereocenters. The van der Waals surface area contributed by atoms with Crippen LogP contribution < -0.4 is 5.32 Å². The quantitative estimate of drug-likeness (QED) is 0.850. The smallest absolute Gasteiger partial charge is 0.226 e. The molecule has 3 saturated carbocycles. The van der Waals surface area contributed by atoms with Crippen LogP contribution in [0, 0.1) is 17.3 Å². The van der Waals surface area contributed by atoms with E-state index < -0.39 is 0 Å². The number of hydrogen-bond donors (Lipinski definition) is 2. The molecule has 3 fully saturated rings. The molecule has 1 aromatic rings. The number of carbonyl (C=O) groups is 1. The van der Waals surface area contributed by atoms with Crippen LogP contribution in [0.2, 0.25) is 0 Å². The Balaban J connectivity index is 1.36. The molecule has 0 unspecified atom stereocenters. The van der Waals surface area contributed by atoms with Gasteiger partial charge in [0.05, 0.1) is 0 Å². The van der Waals surface area contributed by atoms with Gasteiger partial charge in [0.25, 0.3) is 0 Å². The molecule has 1 aromatic heterocycles. The second-order valence-electron chi connectivity index (χ2n) is 7.11. The topological polar surface area (TPSA) is 83.6 Å². The monoisotopic (exact) mass is 275 g/mol. The van der Waals surface area contributed by atoms with Crippen LogP contribution in [0.25, 0.3) is 0 Å². The lowest BCUT2D eigenvalue weighted by Crippen LogP contribution is -2.51. The van der Waals surface area contributed by atoms with Crippen LogP contribution in [-0.2, 0) is 4.79 Å². The minimum Gasteiger partial charge on any atom is -0.352 e. The average Bonchev–Trinajstić information content (AvgIpc) is 3.32. The number of nitrogens with zero attached hydrogens (tertiary/aromatic N) is 3. The van der Waals surface area contributed by atoms with Crippen LogP contribution in [0.3, 0.4) is 0 Å². The van der Waals surface area contributed by atoms with Gasteiger partial charge in [-0.1, -0.05) is 12.1 Å². The van der Waals surface area contributed by atoms with Crippen LogP contribution in [0.15, 0.2) is 0 Å². The first-order chi connectivity index (χ1) is 9.66. The van der Waals surface area contributed by atoms with Gasteiger partial charge < -0.3 is 5.32 Å². The summed E-state index contributed by atoms with van der Waals surface area (Å²) in [5.74, 6) is 2.77. The van der Waals surface area contributed by atoms with Gasteiger partial charge in [-0.15, -0.1) is 10.2 Å². The van der Waals surface area contributed by atoms with Crippen molar-refractivity contribution in [3.05, 3.63) is 5.82 Å². The fourth-order valence-corrected chi connectivity index (χ4v) is 3.60. The summed E-state index contributed by atoms with van der Waals surface area (Å²) in [6.45, 7) is 2.07. The van der Waals surface area contributed by atoms with Crippen LogP contribution >= 0.6 is 0 Å². The molecule has 0 spiro atoms. The lowest BCUT2D eigenvalue weighted by Gasteiger charge is -2.43. The van der Waals surface area contributed by atoms with Gasteiger partial charge in [0, 0.05) is 17.4 Å². The van der Waals surface area contributed by atoms with Crippen molar-refractivity contribution in [3.63, 3.8) is 0 Å². The van der Waals surface area contributed by atoms with Crippen molar-refractivity contribution in [2.45, 2.75) is 57.4 Å². The first-order valence-corrected chi connectivity index (χ1v) is 7.70. The molecule has 3 aliphatic rings. The van der Waals surface area contributed by atoms with Gasteiger partial charge in [-0.2, -0.15) is 5.21 Å². The number of carbonyl (C=O) groups excluding carboxylic acids is 1. The summed E-state index contributed by atoms with van der Waals surface area (Å²) < 4.78 is 0. The van der Waals surface area contributed by atoms with Crippen molar-refractivity contribution in [2.24, 2.45) is 17.3 Å². The number of amides is 1. The Morgan fingerprint density at radius 3 is 2.45 bits per heavy atom. The van der Waals surface area contributed by atoms with E-state index in [2.05, 4.69) is 32.9 Å². The van der Waals surface area contributed by atoms with E-state index >= 15 is 0 Å². The van der Waals surface area contributed by atoms with Crippen molar-refractivity contribution in [1.82, 2.24) is 25.9 Å². The lowest BCUT2D eigenvalue weighted by molar-refractivity contribution is -0.137. The maximum absolute atomic E-state index is 12.6. The Kier molecular flexibility index (Phi) is 2.62. The number of tetrazole rings is 1. The Labute approximate surface area is 118 Å². The number of aromatic amines is 1. The highest BCUT2D eigenvalue weighted by molar-refractivity contribution is 5.84. The van der Waals surface area contributed by atoms with E-state index in [9.17, 15) is 4.79 Å². The molecule has 1 amide bonds. The fourth-order valence-electron chi connectivity index (χ4n) is 3.60. The van der Waals surface area contributed by atoms with Crippen molar-refractivity contribution in [1.29, 1.82) is 0 Å². The number of H-pyrrole nitrogens is 1. The molecule has 0 aliphatic heterocycles. The zero-order valence-electron chi connectivity index (χ0n) is 11.8. The zero-order chi connectivity index (χ0) is 13.7. The first kappa shape index (κ1) is 12.3. The summed E-state index contributed by atoms with van der Waals surface area (Å²) in [5.41, 5.74) is -0.243. The van der Waals surface area contributed by atoms with Gasteiger partial charge in [-0.3, -0.25) is 4.79 Å². The summed E-state index contributed by atoms with van der Waals surface area (Å²) in [5, 5.41) is 17.5. The SMILES string of the molecule is CC1(C(=O)NC(C2CC2)C2CC2)CC(c2nn[nH]n2)C1. The lowest BCUT2D eigenvalue weighted by atomic mass is 9.62. The molecule has 6 heteroatoms. The van der Waals surface area contributed by atoms with Gasteiger partial charge in [0.1, 0.15) is 0 Å². The Morgan fingerprint density at radius 2 is 1.95 bits per heavy atom. The normalized spacial score (nSPS) is 33.0. The van der Waals surface area contributed by atoms with Gasteiger partial charge in [0.15, 0.2) is 5.82 Å². The molecule has 0 radical (unpaired) electrons. The van der Waals surface area contributed by atoms with E-state index in [4.69, 9.17) is 0 Å². The van der Waals surface area contributed by atoms with E-state index in [1.165, 1.54) is 25.7 Å². The standard InChI is InChI=1S/C14H21N5O/c1-14(6-10(7-14)12-16-18-19-17-12)13(20)15-11(8-2-3-8)9-4-5-9/h8-11H,2-7H2,1H3,(H,15,20)(H,16,17,18,19). The molecule has 20 heavy (non-hydrogen) atoms. The number of nitrogens with one attached hydrogen (secondary N) is 2. The molecular weight excluding hydrogens is 254 g/mol. The highest BCUT2D eigenvalue weighted by atomic mass is 16.2. The second kappa shape index (κ2) is 4.27. The predicted molar refractivity (Wildman–Crippen MR) is 71.6 cm³/mol. The number of rotatable bonds is 5. The van der Waals surface area contributed by atoms with Crippen LogP contribution in [0.4, 0.5) is 0 Å². The summed E-state index contributed by atoms with van der Waals surface area (Å²) in [4.78, 5) is 12.6. The van der Waals surface area contributed by atoms with E-state index in [1.54, 1.807) is 0 Å². The third-order valence-electron chi connectivity index (χ3n) is 5.23. The molecule has 0 saturated heterocycles. The van der Waals surface area contributed by atoms with E-state index in [0.29, 0.717) is 6.04 Å². The average molecular weight is 275 g/mol. The summed E-state index contributed by atoms with van der Waals surface area (Å²) in [6.07, 6.45) is 6.85. The molecule has 4 rings (SSSR count). The van der Waals surface area contributed by atoms with E-state index in [0.717, 1.165) is 30.5 Å². The van der Waals surface area contributed by atoms with E-state index in [1.807, 2.05) is 0 Å². The second-order valence-corrected chi connectivity index (χ2v) is 7.11. The largest absolute Gasteiger partial charge is 0.352 e. The van der Waals surface area contributed by atoms with Crippen molar-refractivity contribution in [2.75, 3.05) is 0 Å². The predicted octanol–water partition coefficient (Wildman–Crippen LogP) is 1.39. The number of hydrogen-bond acceptors (Lipinski definition) is 4. The highest BCUT2D eigenvalue weighted by Gasteiger charge is 2.50. The maximum Gasteiger partial charge on any atom is 0.226 e. The molecule has 2 N–H and O–H groups in total. The minimum absolute atomic E-state index is 0.237. The Bertz CT molecular complexity index is 488. The van der Waals surface area contributed by atoms with Crippen LogP contribution in [0.5, 0.6) is 0 Å². The first-order valence-electron chi connectivity index (χ1n) is 7.70. The van der Waals surface area contributed by atoms with Crippen molar-refractivity contribution < 1.29 is 4.79 Å². The molecular formula is C14H21N5O. The number of aromatic nitrogens is 4. The molecule has 0 aromatic carbocycles. The molecule has 108 valence electrons. The van der Waals surface area contributed by atoms with Gasteiger partial charge >= 0.3 is 0 Å². The zero-order valence-corrected chi connectivity index (χ0v) is 11.8.